The van der Waals surface area contributed by atoms with Crippen molar-refractivity contribution in [2.24, 2.45) is 0 Å². The quantitative estimate of drug-likeness (QED) is 0.677. The smallest absolute Gasteiger partial charge is 0.312 e. The van der Waals surface area contributed by atoms with E-state index in [1.807, 2.05) is 0 Å². The van der Waals surface area contributed by atoms with Gasteiger partial charge in [0.25, 0.3) is 0 Å². The van der Waals surface area contributed by atoms with Gasteiger partial charge in [0.1, 0.15) is 11.6 Å². The zero-order chi connectivity index (χ0) is 14.7. The minimum Gasteiger partial charge on any atom is -0.448 e. The normalized spacial score (nSPS) is 10.2. The first kappa shape index (κ1) is 14.2. The fourth-order valence-corrected chi connectivity index (χ4v) is 1.81. The lowest BCUT2D eigenvalue weighted by Gasteiger charge is -2.08. The van der Waals surface area contributed by atoms with Crippen LogP contribution in [0.25, 0.3) is 0 Å². The molecule has 0 atom stereocenters. The highest BCUT2D eigenvalue weighted by atomic mass is 79.9. The Morgan fingerprint density at radius 1 is 1.40 bits per heavy atom. The molecule has 0 saturated carbocycles. The van der Waals surface area contributed by atoms with Crippen LogP contribution in [0, 0.1) is 15.9 Å². The summed E-state index contributed by atoms with van der Waals surface area (Å²) in [5.41, 5.74) is 0.330. The molecule has 0 aliphatic heterocycles. The average Bonchev–Trinajstić information content (AvgIpc) is 2.42. The van der Waals surface area contributed by atoms with Crippen molar-refractivity contribution in [2.75, 3.05) is 12.4 Å². The molecule has 0 radical (unpaired) electrons. The lowest BCUT2D eigenvalue weighted by molar-refractivity contribution is -0.385. The number of nitrogens with zero attached hydrogens (tertiary/aromatic N) is 2. The maximum absolute atomic E-state index is 13.5. The second-order valence-corrected chi connectivity index (χ2v) is 4.61. The Morgan fingerprint density at radius 3 is 2.80 bits per heavy atom. The number of nitro groups is 1. The van der Waals surface area contributed by atoms with Gasteiger partial charge < -0.3 is 10.1 Å². The third-order valence-corrected chi connectivity index (χ3v) is 3.04. The summed E-state index contributed by atoms with van der Waals surface area (Å²) in [4.78, 5) is 14.2. The van der Waals surface area contributed by atoms with E-state index in [1.54, 1.807) is 19.3 Å². The molecule has 2 aromatic rings. The Kier molecular flexibility index (Phi) is 4.14. The van der Waals surface area contributed by atoms with Crippen molar-refractivity contribution in [3.05, 3.63) is 51.0 Å². The number of nitrogens with one attached hydrogen (secondary N) is 1. The van der Waals surface area contributed by atoms with Gasteiger partial charge in [0.2, 0.25) is 5.75 Å². The number of hydrogen-bond donors (Lipinski definition) is 1. The third kappa shape index (κ3) is 3.02. The van der Waals surface area contributed by atoms with E-state index in [2.05, 4.69) is 26.2 Å². The molecular formula is C12H9BrFN3O3. The minimum atomic E-state index is -0.650. The molecule has 0 spiro atoms. The molecule has 1 heterocycles. The van der Waals surface area contributed by atoms with Crippen LogP contribution in [0.4, 0.5) is 15.8 Å². The first-order chi connectivity index (χ1) is 9.51. The highest BCUT2D eigenvalue weighted by molar-refractivity contribution is 9.10. The number of anilines is 1. The maximum Gasteiger partial charge on any atom is 0.312 e. The largest absolute Gasteiger partial charge is 0.448 e. The molecule has 0 unspecified atom stereocenters. The van der Waals surface area contributed by atoms with Crippen LogP contribution in [0.5, 0.6) is 11.5 Å². The van der Waals surface area contributed by atoms with Crippen LogP contribution >= 0.6 is 15.9 Å². The molecule has 6 nitrogen and oxygen atoms in total. The lowest BCUT2D eigenvalue weighted by atomic mass is 10.3. The molecule has 104 valence electrons. The second-order valence-electron chi connectivity index (χ2n) is 3.75. The molecule has 20 heavy (non-hydrogen) atoms. The molecular weight excluding hydrogens is 333 g/mol. The van der Waals surface area contributed by atoms with Gasteiger partial charge in [-0.3, -0.25) is 15.1 Å². The number of nitro benzene ring substituents is 1. The van der Waals surface area contributed by atoms with Gasteiger partial charge in [0.05, 0.1) is 27.5 Å². The fourth-order valence-electron chi connectivity index (χ4n) is 1.48. The van der Waals surface area contributed by atoms with Gasteiger partial charge in [-0.2, -0.15) is 0 Å². The van der Waals surface area contributed by atoms with Crippen LogP contribution in [0.1, 0.15) is 0 Å². The van der Waals surface area contributed by atoms with Gasteiger partial charge in [-0.1, -0.05) is 0 Å². The lowest BCUT2D eigenvalue weighted by Crippen LogP contribution is -1.96. The Hall–Kier alpha value is -2.22. The average molecular weight is 342 g/mol. The summed E-state index contributed by atoms with van der Waals surface area (Å²) < 4.78 is 18.8. The first-order valence-electron chi connectivity index (χ1n) is 5.45. The molecule has 0 fully saturated rings. The number of ether oxygens (including phenoxy) is 1. The summed E-state index contributed by atoms with van der Waals surface area (Å²) in [5.74, 6) is -0.573. The molecule has 1 aromatic carbocycles. The Bertz CT molecular complexity index is 666. The summed E-state index contributed by atoms with van der Waals surface area (Å²) in [5, 5.41) is 13.8. The highest BCUT2D eigenvalue weighted by Gasteiger charge is 2.19. The zero-order valence-corrected chi connectivity index (χ0v) is 11.8. The monoisotopic (exact) mass is 341 g/mol. The molecule has 1 N–H and O–H groups in total. The summed E-state index contributed by atoms with van der Waals surface area (Å²) >= 11 is 2.90. The van der Waals surface area contributed by atoms with E-state index < -0.39 is 10.7 Å². The number of halogens is 2. The zero-order valence-electron chi connectivity index (χ0n) is 10.3. The second kappa shape index (κ2) is 5.83. The molecule has 8 heteroatoms. The van der Waals surface area contributed by atoms with Gasteiger partial charge in [-0.05, 0) is 15.9 Å². The predicted molar refractivity (Wildman–Crippen MR) is 74.6 cm³/mol. The van der Waals surface area contributed by atoms with Crippen LogP contribution in [0.2, 0.25) is 0 Å². The summed E-state index contributed by atoms with van der Waals surface area (Å²) in [6.07, 6.45) is 2.94. The molecule has 0 saturated heterocycles. The van der Waals surface area contributed by atoms with Gasteiger partial charge in [-0.15, -0.1) is 0 Å². The standard InChI is InChI=1S/C12H9BrFN3O3/c1-15-7-2-8(6-16-5-7)20-12-4-10(14)9(13)3-11(12)17(18)19/h2-6,15H,1H3. The van der Waals surface area contributed by atoms with Gasteiger partial charge in [-0.25, -0.2) is 4.39 Å². The van der Waals surface area contributed by atoms with E-state index >= 15 is 0 Å². The van der Waals surface area contributed by atoms with Crippen LogP contribution in [-0.2, 0) is 0 Å². The van der Waals surface area contributed by atoms with E-state index in [0.717, 1.165) is 12.1 Å². The minimum absolute atomic E-state index is 0.00125. The Labute approximate surface area is 121 Å². The van der Waals surface area contributed by atoms with E-state index in [-0.39, 0.29) is 21.7 Å². The van der Waals surface area contributed by atoms with Crippen molar-refractivity contribution in [1.82, 2.24) is 4.98 Å². The van der Waals surface area contributed by atoms with Crippen molar-refractivity contribution in [1.29, 1.82) is 0 Å². The van der Waals surface area contributed by atoms with E-state index in [4.69, 9.17) is 4.74 Å². The van der Waals surface area contributed by atoms with Crippen molar-refractivity contribution in [2.45, 2.75) is 0 Å². The number of pyridine rings is 1. The molecule has 0 aliphatic rings. The van der Waals surface area contributed by atoms with Crippen molar-refractivity contribution >= 4 is 27.3 Å². The fraction of sp³-hybridized carbons (Fsp3) is 0.0833. The summed E-state index contributed by atoms with van der Waals surface area (Å²) in [6.45, 7) is 0. The Morgan fingerprint density at radius 2 is 2.15 bits per heavy atom. The molecule has 0 amide bonds. The van der Waals surface area contributed by atoms with Crippen LogP contribution in [-0.4, -0.2) is 17.0 Å². The van der Waals surface area contributed by atoms with Crippen LogP contribution in [0.15, 0.2) is 35.1 Å². The van der Waals surface area contributed by atoms with Crippen molar-refractivity contribution in [3.8, 4) is 11.5 Å². The van der Waals surface area contributed by atoms with Crippen LogP contribution in [0.3, 0.4) is 0 Å². The van der Waals surface area contributed by atoms with Gasteiger partial charge >= 0.3 is 5.69 Å². The molecule has 1 aromatic heterocycles. The maximum atomic E-state index is 13.5. The van der Waals surface area contributed by atoms with Crippen molar-refractivity contribution < 1.29 is 14.1 Å². The van der Waals surface area contributed by atoms with E-state index in [9.17, 15) is 14.5 Å². The third-order valence-electron chi connectivity index (χ3n) is 2.43. The first-order valence-corrected chi connectivity index (χ1v) is 6.24. The van der Waals surface area contributed by atoms with E-state index in [0.29, 0.717) is 5.69 Å². The van der Waals surface area contributed by atoms with Crippen molar-refractivity contribution in [3.63, 3.8) is 0 Å². The number of benzene rings is 1. The SMILES string of the molecule is CNc1cncc(Oc2cc(F)c(Br)cc2[N+](=O)[O-])c1. The van der Waals surface area contributed by atoms with E-state index in [1.165, 1.54) is 6.20 Å². The molecule has 0 aliphatic carbocycles. The Balaban J connectivity index is 2.41. The number of hydrogen-bond acceptors (Lipinski definition) is 5. The summed E-state index contributed by atoms with van der Waals surface area (Å²) in [6, 6.07) is 3.60. The number of rotatable bonds is 4. The molecule has 0 bridgehead atoms. The highest BCUT2D eigenvalue weighted by Crippen LogP contribution is 2.35. The van der Waals surface area contributed by atoms with Crippen LogP contribution < -0.4 is 10.1 Å². The topological polar surface area (TPSA) is 77.3 Å². The predicted octanol–water partition coefficient (Wildman–Crippen LogP) is 3.73. The summed E-state index contributed by atoms with van der Waals surface area (Å²) in [7, 11) is 1.70. The molecule has 2 rings (SSSR count). The van der Waals surface area contributed by atoms with Gasteiger partial charge in [0, 0.05) is 25.2 Å². The van der Waals surface area contributed by atoms with Gasteiger partial charge in [0.15, 0.2) is 0 Å². The number of aromatic nitrogens is 1.